The topological polar surface area (TPSA) is 106 Å². The van der Waals surface area contributed by atoms with Crippen LogP contribution in [0, 0.1) is 0 Å². The number of hydrogen-bond acceptors (Lipinski definition) is 7. The minimum absolute atomic E-state index is 0.202. The minimum atomic E-state index is -0.494. The van der Waals surface area contributed by atoms with Gasteiger partial charge < -0.3 is 14.5 Å². The van der Waals surface area contributed by atoms with E-state index in [4.69, 9.17) is 4.42 Å². The largest absolute Gasteiger partial charge is 0.463 e. The summed E-state index contributed by atoms with van der Waals surface area (Å²) in [4.78, 5) is 11.3. The first-order valence-electron chi connectivity index (χ1n) is 4.89. The molecule has 2 rings (SSSR count). The fourth-order valence-electron chi connectivity index (χ4n) is 1.31. The molecule has 0 aliphatic carbocycles. The van der Waals surface area contributed by atoms with Crippen LogP contribution < -0.4 is 5.32 Å². The van der Waals surface area contributed by atoms with Crippen molar-refractivity contribution in [2.24, 2.45) is 0 Å². The second-order valence-electron chi connectivity index (χ2n) is 3.20. The van der Waals surface area contributed by atoms with E-state index < -0.39 is 5.97 Å². The molecular formula is C9H11N5O3. The maximum atomic E-state index is 11.3. The predicted octanol–water partition coefficient (Wildman–Crippen LogP) is -0.131. The molecule has 0 radical (unpaired) electrons. The fraction of sp³-hybridized carbons (Fsp3) is 0.333. The molecule has 90 valence electrons. The van der Waals surface area contributed by atoms with Crippen molar-refractivity contribution in [3.8, 4) is 0 Å². The number of furan rings is 1. The zero-order chi connectivity index (χ0) is 12.1. The van der Waals surface area contributed by atoms with E-state index in [9.17, 15) is 4.79 Å². The number of rotatable bonds is 5. The van der Waals surface area contributed by atoms with Gasteiger partial charge in [0.05, 0.1) is 19.9 Å². The summed E-state index contributed by atoms with van der Waals surface area (Å²) in [7, 11) is 1.31. The van der Waals surface area contributed by atoms with Gasteiger partial charge in [-0.25, -0.2) is 4.79 Å². The molecule has 2 aromatic rings. The highest BCUT2D eigenvalue weighted by Gasteiger charge is 2.15. The lowest BCUT2D eigenvalue weighted by molar-refractivity contribution is 0.0563. The van der Waals surface area contributed by atoms with E-state index in [0.29, 0.717) is 18.9 Å². The standard InChI is InChI=1S/C9H11N5O3/c1-16-9(15)8-6(2-3-17-8)4-10-5-7-11-13-14-12-7/h2-3,10H,4-5H2,1H3,(H,11,12,13,14). The van der Waals surface area contributed by atoms with Crippen molar-refractivity contribution in [1.82, 2.24) is 25.9 Å². The summed E-state index contributed by atoms with van der Waals surface area (Å²) in [6.07, 6.45) is 1.44. The highest BCUT2D eigenvalue weighted by atomic mass is 16.5. The number of aromatic nitrogens is 4. The van der Waals surface area contributed by atoms with Gasteiger partial charge in [0, 0.05) is 12.1 Å². The maximum absolute atomic E-state index is 11.3. The highest BCUT2D eigenvalue weighted by molar-refractivity contribution is 5.87. The molecule has 0 saturated carbocycles. The first-order chi connectivity index (χ1) is 8.31. The van der Waals surface area contributed by atoms with Gasteiger partial charge in [-0.2, -0.15) is 5.21 Å². The van der Waals surface area contributed by atoms with Gasteiger partial charge in [-0.1, -0.05) is 5.21 Å². The Hall–Kier alpha value is -2.22. The number of nitrogens with one attached hydrogen (secondary N) is 2. The molecule has 0 unspecified atom stereocenters. The third-order valence-electron chi connectivity index (χ3n) is 2.11. The third-order valence-corrected chi connectivity index (χ3v) is 2.11. The van der Waals surface area contributed by atoms with Crippen LogP contribution in [-0.2, 0) is 17.8 Å². The number of hydrogen-bond donors (Lipinski definition) is 2. The molecule has 0 bridgehead atoms. The number of methoxy groups -OCH3 is 1. The third kappa shape index (κ3) is 2.67. The molecule has 0 fully saturated rings. The molecule has 8 nitrogen and oxygen atoms in total. The smallest absolute Gasteiger partial charge is 0.374 e. The van der Waals surface area contributed by atoms with Gasteiger partial charge in [-0.05, 0) is 6.07 Å². The molecule has 0 spiro atoms. The van der Waals surface area contributed by atoms with Gasteiger partial charge in [-0.3, -0.25) is 0 Å². The zero-order valence-electron chi connectivity index (χ0n) is 9.14. The van der Waals surface area contributed by atoms with Gasteiger partial charge in [0.25, 0.3) is 0 Å². The maximum Gasteiger partial charge on any atom is 0.374 e. The molecule has 2 heterocycles. The van der Waals surface area contributed by atoms with E-state index in [1.54, 1.807) is 6.07 Å². The summed E-state index contributed by atoms with van der Waals surface area (Å²) in [5, 5.41) is 16.4. The summed E-state index contributed by atoms with van der Waals surface area (Å²) >= 11 is 0. The first kappa shape index (κ1) is 11.3. The molecule has 0 amide bonds. The van der Waals surface area contributed by atoms with Crippen LogP contribution in [-0.4, -0.2) is 33.7 Å². The fourth-order valence-corrected chi connectivity index (χ4v) is 1.31. The van der Waals surface area contributed by atoms with Crippen molar-refractivity contribution >= 4 is 5.97 Å². The van der Waals surface area contributed by atoms with Crippen molar-refractivity contribution < 1.29 is 13.9 Å². The second-order valence-corrected chi connectivity index (χ2v) is 3.20. The second kappa shape index (κ2) is 5.21. The van der Waals surface area contributed by atoms with Crippen molar-refractivity contribution in [1.29, 1.82) is 0 Å². The van der Waals surface area contributed by atoms with Crippen LogP contribution in [0.25, 0.3) is 0 Å². The summed E-state index contributed by atoms with van der Waals surface area (Å²) in [5.41, 5.74) is 0.723. The molecule has 0 aliphatic rings. The van der Waals surface area contributed by atoms with Crippen LogP contribution in [0.5, 0.6) is 0 Å². The molecule has 0 atom stereocenters. The lowest BCUT2D eigenvalue weighted by Gasteiger charge is -2.01. The van der Waals surface area contributed by atoms with E-state index in [1.807, 2.05) is 0 Å². The molecule has 17 heavy (non-hydrogen) atoms. The molecule has 0 aromatic carbocycles. The summed E-state index contributed by atoms with van der Waals surface area (Å²) in [6, 6.07) is 1.70. The number of ether oxygens (including phenoxy) is 1. The van der Waals surface area contributed by atoms with E-state index >= 15 is 0 Å². The highest BCUT2D eigenvalue weighted by Crippen LogP contribution is 2.11. The van der Waals surface area contributed by atoms with Crippen LogP contribution >= 0.6 is 0 Å². The molecule has 0 aliphatic heterocycles. The van der Waals surface area contributed by atoms with Gasteiger partial charge in [-0.15, -0.1) is 10.2 Å². The van der Waals surface area contributed by atoms with Crippen molar-refractivity contribution in [2.75, 3.05) is 7.11 Å². The van der Waals surface area contributed by atoms with E-state index in [-0.39, 0.29) is 5.76 Å². The molecule has 2 N–H and O–H groups in total. The van der Waals surface area contributed by atoms with Crippen LogP contribution in [0.3, 0.4) is 0 Å². The number of tetrazole rings is 1. The number of H-pyrrole nitrogens is 1. The molecule has 2 aromatic heterocycles. The van der Waals surface area contributed by atoms with Crippen molar-refractivity contribution in [2.45, 2.75) is 13.1 Å². The van der Waals surface area contributed by atoms with E-state index in [0.717, 1.165) is 5.56 Å². The summed E-state index contributed by atoms with van der Waals surface area (Å²) < 4.78 is 9.63. The zero-order valence-corrected chi connectivity index (χ0v) is 9.14. The average molecular weight is 237 g/mol. The van der Waals surface area contributed by atoms with Crippen LogP contribution in [0.1, 0.15) is 21.9 Å². The number of nitrogens with zero attached hydrogens (tertiary/aromatic N) is 3. The summed E-state index contributed by atoms with van der Waals surface area (Å²) in [6.45, 7) is 0.901. The van der Waals surface area contributed by atoms with Gasteiger partial charge >= 0.3 is 5.97 Å². The Bertz CT molecular complexity index is 479. The predicted molar refractivity (Wildman–Crippen MR) is 54.8 cm³/mol. The van der Waals surface area contributed by atoms with Crippen molar-refractivity contribution in [3.63, 3.8) is 0 Å². The van der Waals surface area contributed by atoms with Crippen LogP contribution in [0.15, 0.2) is 16.7 Å². The van der Waals surface area contributed by atoms with Gasteiger partial charge in [0.15, 0.2) is 5.82 Å². The van der Waals surface area contributed by atoms with Gasteiger partial charge in [0.1, 0.15) is 0 Å². The van der Waals surface area contributed by atoms with Crippen LogP contribution in [0.2, 0.25) is 0 Å². The lowest BCUT2D eigenvalue weighted by Crippen LogP contribution is -2.15. The van der Waals surface area contributed by atoms with E-state index in [2.05, 4.69) is 30.7 Å². The number of esters is 1. The molecule has 0 saturated heterocycles. The Labute approximate surface area is 96.3 Å². The average Bonchev–Trinajstić information content (AvgIpc) is 2.99. The SMILES string of the molecule is COC(=O)c1occc1CNCc1nn[nH]n1. The van der Waals surface area contributed by atoms with Crippen LogP contribution in [0.4, 0.5) is 0 Å². The monoisotopic (exact) mass is 237 g/mol. The first-order valence-corrected chi connectivity index (χ1v) is 4.89. The Morgan fingerprint density at radius 2 is 2.47 bits per heavy atom. The van der Waals surface area contributed by atoms with Gasteiger partial charge in [0.2, 0.25) is 5.76 Å². The Morgan fingerprint density at radius 1 is 1.59 bits per heavy atom. The van der Waals surface area contributed by atoms with Crippen molar-refractivity contribution in [3.05, 3.63) is 29.5 Å². The Kier molecular flexibility index (Phi) is 3.46. The normalized spacial score (nSPS) is 10.4. The quantitative estimate of drug-likeness (QED) is 0.697. The minimum Gasteiger partial charge on any atom is -0.463 e. The Balaban J connectivity index is 1.91. The molecule has 8 heteroatoms. The Morgan fingerprint density at radius 3 is 3.18 bits per heavy atom. The number of aromatic amines is 1. The molecular weight excluding hydrogens is 226 g/mol. The van der Waals surface area contributed by atoms with E-state index in [1.165, 1.54) is 13.4 Å². The number of carbonyl (C=O) groups excluding carboxylic acids is 1. The summed E-state index contributed by atoms with van der Waals surface area (Å²) in [5.74, 6) is 0.257. The number of carbonyl (C=O) groups is 1. The lowest BCUT2D eigenvalue weighted by atomic mass is 10.2.